The summed E-state index contributed by atoms with van der Waals surface area (Å²) in [7, 11) is 0. The molecule has 27 heavy (non-hydrogen) atoms. The molecule has 0 aliphatic heterocycles. The molecule has 1 aromatic heterocycles. The fourth-order valence-corrected chi connectivity index (χ4v) is 3.30. The van der Waals surface area contributed by atoms with Gasteiger partial charge in [-0.25, -0.2) is 0 Å². The first-order valence-electron chi connectivity index (χ1n) is 9.27. The van der Waals surface area contributed by atoms with E-state index in [0.29, 0.717) is 24.8 Å². The summed E-state index contributed by atoms with van der Waals surface area (Å²) in [5.74, 6) is 1.56. The number of hydrogen-bond acceptors (Lipinski definition) is 4. The predicted octanol–water partition coefficient (Wildman–Crippen LogP) is 4.29. The van der Waals surface area contributed by atoms with Crippen molar-refractivity contribution < 1.29 is 4.79 Å². The van der Waals surface area contributed by atoms with E-state index >= 15 is 0 Å². The first kappa shape index (κ1) is 21.2. The quantitative estimate of drug-likeness (QED) is 0.543. The van der Waals surface area contributed by atoms with Gasteiger partial charge in [-0.15, -0.1) is 16.8 Å². The van der Waals surface area contributed by atoms with Crippen LogP contribution in [0, 0.1) is 5.92 Å². The zero-order valence-corrected chi connectivity index (χ0v) is 17.8. The molecule has 0 unspecified atom stereocenters. The highest BCUT2D eigenvalue weighted by molar-refractivity contribution is 7.99. The molecule has 0 saturated carbocycles. The second kappa shape index (κ2) is 9.22. The standard InChI is InChI=1S/C21H30N4OS/c1-7-12-25-19(16-8-10-17(11-9-16)21(4,5)6)23-24-20(25)27-14-18(26)22-13-15(2)3/h7-11,15H,1,12-14H2,2-6H3,(H,22,26). The molecule has 1 heterocycles. The van der Waals surface area contributed by atoms with Crippen LogP contribution in [-0.4, -0.2) is 33.0 Å². The van der Waals surface area contributed by atoms with Crippen LogP contribution in [-0.2, 0) is 16.8 Å². The highest BCUT2D eigenvalue weighted by Crippen LogP contribution is 2.27. The fraction of sp³-hybridized carbons (Fsp3) is 0.476. The van der Waals surface area contributed by atoms with Crippen molar-refractivity contribution in [1.82, 2.24) is 20.1 Å². The van der Waals surface area contributed by atoms with Crippen molar-refractivity contribution in [1.29, 1.82) is 0 Å². The maximum atomic E-state index is 12.0. The number of benzene rings is 1. The summed E-state index contributed by atoms with van der Waals surface area (Å²) in [6.07, 6.45) is 1.82. The third-order valence-corrected chi connectivity index (χ3v) is 5.04. The molecule has 0 spiro atoms. The summed E-state index contributed by atoms with van der Waals surface area (Å²) >= 11 is 1.40. The van der Waals surface area contributed by atoms with Crippen LogP contribution < -0.4 is 5.32 Å². The van der Waals surface area contributed by atoms with E-state index in [9.17, 15) is 4.79 Å². The van der Waals surface area contributed by atoms with Gasteiger partial charge in [-0.2, -0.15) is 0 Å². The molecule has 6 heteroatoms. The molecule has 1 amide bonds. The Balaban J connectivity index is 2.17. The van der Waals surface area contributed by atoms with Crippen molar-refractivity contribution in [2.24, 2.45) is 5.92 Å². The van der Waals surface area contributed by atoms with Crippen LogP contribution in [0.2, 0.25) is 0 Å². The molecule has 0 aliphatic rings. The summed E-state index contributed by atoms with van der Waals surface area (Å²) in [5, 5.41) is 12.3. The van der Waals surface area contributed by atoms with Crippen LogP contribution in [0.15, 0.2) is 42.1 Å². The van der Waals surface area contributed by atoms with Gasteiger partial charge < -0.3 is 5.32 Å². The molecule has 1 aromatic carbocycles. The lowest BCUT2D eigenvalue weighted by molar-refractivity contribution is -0.118. The Morgan fingerprint density at radius 1 is 1.26 bits per heavy atom. The lowest BCUT2D eigenvalue weighted by atomic mass is 9.87. The van der Waals surface area contributed by atoms with E-state index < -0.39 is 0 Å². The summed E-state index contributed by atoms with van der Waals surface area (Å²) in [5.41, 5.74) is 2.39. The van der Waals surface area contributed by atoms with Crippen LogP contribution in [0.3, 0.4) is 0 Å². The van der Waals surface area contributed by atoms with Crippen molar-refractivity contribution >= 4 is 17.7 Å². The Morgan fingerprint density at radius 2 is 1.93 bits per heavy atom. The minimum atomic E-state index is 0.0120. The van der Waals surface area contributed by atoms with Crippen LogP contribution in [0.5, 0.6) is 0 Å². The highest BCUT2D eigenvalue weighted by Gasteiger charge is 2.17. The monoisotopic (exact) mass is 386 g/mol. The molecule has 146 valence electrons. The Bertz CT molecular complexity index is 772. The molecule has 0 aliphatic carbocycles. The van der Waals surface area contributed by atoms with Crippen LogP contribution in [0.1, 0.15) is 40.2 Å². The van der Waals surface area contributed by atoms with Crippen molar-refractivity contribution in [2.75, 3.05) is 12.3 Å². The first-order chi connectivity index (χ1) is 12.7. The first-order valence-corrected chi connectivity index (χ1v) is 10.3. The topological polar surface area (TPSA) is 59.8 Å². The van der Waals surface area contributed by atoms with E-state index in [1.165, 1.54) is 17.3 Å². The lowest BCUT2D eigenvalue weighted by Gasteiger charge is -2.19. The third-order valence-electron chi connectivity index (χ3n) is 4.08. The van der Waals surface area contributed by atoms with E-state index in [2.05, 4.69) is 81.0 Å². The number of carbonyl (C=O) groups is 1. The zero-order chi connectivity index (χ0) is 20.0. The highest BCUT2D eigenvalue weighted by atomic mass is 32.2. The Hall–Kier alpha value is -2.08. The number of rotatable bonds is 8. The SMILES string of the molecule is C=CCn1c(SCC(=O)NCC(C)C)nnc1-c1ccc(C(C)(C)C)cc1. The van der Waals surface area contributed by atoms with Gasteiger partial charge in [-0.1, -0.05) is 76.7 Å². The molecule has 0 saturated heterocycles. The minimum Gasteiger partial charge on any atom is -0.355 e. The van der Waals surface area contributed by atoms with Gasteiger partial charge in [0.25, 0.3) is 0 Å². The summed E-state index contributed by atoms with van der Waals surface area (Å²) < 4.78 is 2.00. The molecule has 2 aromatic rings. The summed E-state index contributed by atoms with van der Waals surface area (Å²) in [6.45, 7) is 15.9. The Labute approximate surface area is 166 Å². The van der Waals surface area contributed by atoms with Crippen LogP contribution >= 0.6 is 11.8 Å². The molecule has 0 atom stereocenters. The van der Waals surface area contributed by atoms with Crippen molar-refractivity contribution in [2.45, 2.75) is 51.7 Å². The predicted molar refractivity (Wildman–Crippen MR) is 113 cm³/mol. The fourth-order valence-electron chi connectivity index (χ4n) is 2.52. The Kier molecular flexibility index (Phi) is 7.25. The minimum absolute atomic E-state index is 0.0120. The molecule has 5 nitrogen and oxygen atoms in total. The smallest absolute Gasteiger partial charge is 0.230 e. The number of carbonyl (C=O) groups excluding carboxylic acids is 1. The largest absolute Gasteiger partial charge is 0.355 e. The van der Waals surface area contributed by atoms with E-state index in [0.717, 1.165) is 16.5 Å². The number of allylic oxidation sites excluding steroid dienone is 1. The molecular weight excluding hydrogens is 356 g/mol. The van der Waals surface area contributed by atoms with Crippen LogP contribution in [0.25, 0.3) is 11.4 Å². The van der Waals surface area contributed by atoms with Gasteiger partial charge in [0.2, 0.25) is 5.91 Å². The van der Waals surface area contributed by atoms with Crippen LogP contribution in [0.4, 0.5) is 0 Å². The third kappa shape index (κ3) is 5.96. The van der Waals surface area contributed by atoms with Gasteiger partial charge in [-0.05, 0) is 16.9 Å². The van der Waals surface area contributed by atoms with Gasteiger partial charge in [0, 0.05) is 18.7 Å². The number of aromatic nitrogens is 3. The van der Waals surface area contributed by atoms with E-state index in [1.807, 2.05) is 10.6 Å². The summed E-state index contributed by atoms with van der Waals surface area (Å²) in [4.78, 5) is 12.0. The van der Waals surface area contributed by atoms with Gasteiger partial charge in [0.05, 0.1) is 5.75 Å². The van der Waals surface area contributed by atoms with Gasteiger partial charge in [0.1, 0.15) is 0 Å². The number of hydrogen-bond donors (Lipinski definition) is 1. The second-order valence-corrected chi connectivity index (χ2v) is 8.96. The Morgan fingerprint density at radius 3 is 2.48 bits per heavy atom. The normalized spacial score (nSPS) is 11.6. The van der Waals surface area contributed by atoms with Crippen molar-refractivity contribution in [3.63, 3.8) is 0 Å². The average Bonchev–Trinajstić information content (AvgIpc) is 3.00. The zero-order valence-electron chi connectivity index (χ0n) is 17.0. The molecule has 0 bridgehead atoms. The van der Waals surface area contributed by atoms with E-state index in [1.54, 1.807) is 0 Å². The maximum absolute atomic E-state index is 12.0. The van der Waals surface area contributed by atoms with Gasteiger partial charge in [0.15, 0.2) is 11.0 Å². The van der Waals surface area contributed by atoms with E-state index in [4.69, 9.17) is 0 Å². The molecule has 0 fully saturated rings. The van der Waals surface area contributed by atoms with E-state index in [-0.39, 0.29) is 11.3 Å². The number of thioether (sulfide) groups is 1. The number of nitrogens with zero attached hydrogens (tertiary/aromatic N) is 3. The molecule has 1 N–H and O–H groups in total. The maximum Gasteiger partial charge on any atom is 0.230 e. The average molecular weight is 387 g/mol. The number of amides is 1. The molecule has 0 radical (unpaired) electrons. The lowest BCUT2D eigenvalue weighted by Crippen LogP contribution is -2.28. The van der Waals surface area contributed by atoms with Crippen molar-refractivity contribution in [3.8, 4) is 11.4 Å². The summed E-state index contributed by atoms with van der Waals surface area (Å²) in [6, 6.07) is 8.42. The molecule has 2 rings (SSSR count). The van der Waals surface area contributed by atoms with Gasteiger partial charge >= 0.3 is 0 Å². The number of nitrogens with one attached hydrogen (secondary N) is 1. The molecular formula is C21H30N4OS. The van der Waals surface area contributed by atoms with Gasteiger partial charge in [-0.3, -0.25) is 9.36 Å². The second-order valence-electron chi connectivity index (χ2n) is 8.02. The van der Waals surface area contributed by atoms with Crippen molar-refractivity contribution in [3.05, 3.63) is 42.5 Å².